The largest absolute Gasteiger partial charge is 0.356 e. The molecule has 2 atom stereocenters. The van der Waals surface area contributed by atoms with Crippen molar-refractivity contribution in [1.82, 2.24) is 15.5 Å². The normalized spacial score (nSPS) is 30.0. The zero-order valence-electron chi connectivity index (χ0n) is 13.5. The third kappa shape index (κ3) is 3.78. The molecule has 2 unspecified atom stereocenters. The topological polar surface area (TPSA) is 44.4 Å². The first kappa shape index (κ1) is 15.3. The van der Waals surface area contributed by atoms with Gasteiger partial charge < -0.3 is 15.5 Å². The van der Waals surface area contributed by atoms with Gasteiger partial charge in [0.1, 0.15) is 0 Å². The summed E-state index contributed by atoms with van der Waals surface area (Å²) in [5.74, 6) is 1.19. The van der Waals surface area contributed by atoms with Gasteiger partial charge in [0.15, 0.2) is 0 Å². The van der Waals surface area contributed by atoms with Gasteiger partial charge in [-0.15, -0.1) is 0 Å². The second-order valence-corrected chi connectivity index (χ2v) is 7.58. The Morgan fingerprint density at radius 2 is 2.00 bits per heavy atom. The number of nitrogens with zero attached hydrogens (tertiary/aromatic N) is 1. The Kier molecular flexibility index (Phi) is 4.85. The minimum atomic E-state index is 0.307. The molecule has 0 bridgehead atoms. The fraction of sp³-hybridized carbons (Fsp3) is 0.941. The molecule has 1 aliphatic carbocycles. The zero-order valence-corrected chi connectivity index (χ0v) is 13.5. The van der Waals surface area contributed by atoms with Crippen molar-refractivity contribution < 1.29 is 4.79 Å². The fourth-order valence-corrected chi connectivity index (χ4v) is 4.24. The average molecular weight is 293 g/mol. The van der Waals surface area contributed by atoms with Crippen LogP contribution >= 0.6 is 0 Å². The molecule has 3 fully saturated rings. The van der Waals surface area contributed by atoms with E-state index in [0.717, 1.165) is 32.6 Å². The van der Waals surface area contributed by atoms with E-state index < -0.39 is 0 Å². The van der Waals surface area contributed by atoms with E-state index in [9.17, 15) is 4.79 Å². The lowest BCUT2D eigenvalue weighted by atomic mass is 9.91. The van der Waals surface area contributed by atoms with Crippen LogP contribution in [0.4, 0.5) is 0 Å². The molecule has 2 heterocycles. The van der Waals surface area contributed by atoms with E-state index >= 15 is 0 Å². The van der Waals surface area contributed by atoms with Crippen molar-refractivity contribution in [2.24, 2.45) is 17.3 Å². The molecule has 4 heteroatoms. The number of hydrogen-bond donors (Lipinski definition) is 2. The van der Waals surface area contributed by atoms with Gasteiger partial charge in [0.2, 0.25) is 5.91 Å². The van der Waals surface area contributed by atoms with Gasteiger partial charge in [-0.2, -0.15) is 0 Å². The molecule has 0 aromatic heterocycles. The van der Waals surface area contributed by atoms with Crippen LogP contribution in [-0.2, 0) is 4.79 Å². The van der Waals surface area contributed by atoms with E-state index in [1.165, 1.54) is 45.2 Å². The van der Waals surface area contributed by atoms with Crippen molar-refractivity contribution in [1.29, 1.82) is 0 Å². The van der Waals surface area contributed by atoms with Crippen molar-refractivity contribution in [2.75, 3.05) is 39.3 Å². The maximum atomic E-state index is 12.3. The Hall–Kier alpha value is -0.610. The van der Waals surface area contributed by atoms with Gasteiger partial charge in [0.05, 0.1) is 0 Å². The van der Waals surface area contributed by atoms with E-state index in [2.05, 4.69) is 22.5 Å². The quantitative estimate of drug-likeness (QED) is 0.809. The summed E-state index contributed by atoms with van der Waals surface area (Å²) in [5, 5.41) is 6.62. The number of amides is 1. The van der Waals surface area contributed by atoms with Crippen molar-refractivity contribution >= 4 is 5.91 Å². The smallest absolute Gasteiger partial charge is 0.223 e. The predicted molar refractivity (Wildman–Crippen MR) is 85.1 cm³/mol. The molecule has 0 aromatic carbocycles. The molecule has 4 nitrogen and oxygen atoms in total. The van der Waals surface area contributed by atoms with Crippen molar-refractivity contribution in [3.63, 3.8) is 0 Å². The van der Waals surface area contributed by atoms with Crippen LogP contribution in [0.1, 0.15) is 45.4 Å². The molecule has 3 aliphatic rings. The van der Waals surface area contributed by atoms with E-state index in [-0.39, 0.29) is 0 Å². The molecule has 120 valence electrons. The minimum absolute atomic E-state index is 0.307. The highest BCUT2D eigenvalue weighted by Gasteiger charge is 2.57. The van der Waals surface area contributed by atoms with Crippen LogP contribution in [0, 0.1) is 17.3 Å². The van der Waals surface area contributed by atoms with Crippen LogP contribution in [-0.4, -0.2) is 50.1 Å². The van der Waals surface area contributed by atoms with Crippen LogP contribution in [0.2, 0.25) is 0 Å². The number of likely N-dealkylation sites (tertiary alicyclic amines) is 1. The summed E-state index contributed by atoms with van der Waals surface area (Å²) in [4.78, 5) is 14.9. The molecule has 2 aliphatic heterocycles. The van der Waals surface area contributed by atoms with Crippen LogP contribution in [0.25, 0.3) is 0 Å². The van der Waals surface area contributed by atoms with E-state index in [1.54, 1.807) is 0 Å². The number of carbonyl (C=O) groups excluding carboxylic acids is 1. The van der Waals surface area contributed by atoms with E-state index in [4.69, 9.17) is 0 Å². The summed E-state index contributed by atoms with van der Waals surface area (Å²) in [5.41, 5.74) is 0.367. The van der Waals surface area contributed by atoms with E-state index in [1.807, 2.05) is 0 Å². The fourth-order valence-electron chi connectivity index (χ4n) is 4.24. The summed E-state index contributed by atoms with van der Waals surface area (Å²) >= 11 is 0. The maximum absolute atomic E-state index is 12.3. The van der Waals surface area contributed by atoms with Crippen LogP contribution in [0.15, 0.2) is 0 Å². The van der Waals surface area contributed by atoms with Crippen LogP contribution in [0.5, 0.6) is 0 Å². The molecule has 21 heavy (non-hydrogen) atoms. The third-order valence-corrected chi connectivity index (χ3v) is 5.75. The highest BCUT2D eigenvalue weighted by molar-refractivity contribution is 5.82. The molecule has 1 amide bonds. The lowest BCUT2D eigenvalue weighted by Crippen LogP contribution is -2.39. The number of nitrogens with one attached hydrogen (secondary N) is 2. The molecule has 1 spiro atoms. The molecular weight excluding hydrogens is 262 g/mol. The molecule has 0 aromatic rings. The molecule has 2 saturated heterocycles. The first-order chi connectivity index (χ1) is 10.2. The molecule has 3 rings (SSSR count). The predicted octanol–water partition coefficient (Wildman–Crippen LogP) is 1.61. The molecule has 2 N–H and O–H groups in total. The Morgan fingerprint density at radius 3 is 2.71 bits per heavy atom. The average Bonchev–Trinajstić information content (AvgIpc) is 3.20. The standard InChI is InChI=1S/C17H31N3O/c1-14(13-20-9-3-2-4-10-20)12-19-16(21)15-11-17(15)5-7-18-8-6-17/h14-15,18H,2-13H2,1H3,(H,19,21). The number of hydrogen-bond acceptors (Lipinski definition) is 3. The van der Waals surface area contributed by atoms with Crippen molar-refractivity contribution in [3.05, 3.63) is 0 Å². The lowest BCUT2D eigenvalue weighted by Gasteiger charge is -2.29. The second-order valence-electron chi connectivity index (χ2n) is 7.58. The van der Waals surface area contributed by atoms with Crippen LogP contribution < -0.4 is 10.6 Å². The first-order valence-electron chi connectivity index (χ1n) is 8.90. The third-order valence-electron chi connectivity index (χ3n) is 5.75. The zero-order chi connectivity index (χ0) is 14.7. The van der Waals surface area contributed by atoms with Gasteiger partial charge in [0, 0.05) is 19.0 Å². The Labute approximate surface area is 129 Å². The number of carbonyl (C=O) groups is 1. The summed E-state index contributed by atoms with van der Waals surface area (Å²) in [6.45, 7) is 8.93. The van der Waals surface area contributed by atoms with Gasteiger partial charge in [-0.25, -0.2) is 0 Å². The van der Waals surface area contributed by atoms with Crippen molar-refractivity contribution in [2.45, 2.75) is 45.4 Å². The summed E-state index contributed by atoms with van der Waals surface area (Å²) in [6.07, 6.45) is 7.58. The Morgan fingerprint density at radius 1 is 1.29 bits per heavy atom. The minimum Gasteiger partial charge on any atom is -0.356 e. The highest BCUT2D eigenvalue weighted by Crippen LogP contribution is 2.58. The van der Waals surface area contributed by atoms with Gasteiger partial charge in [-0.05, 0) is 69.6 Å². The Bertz CT molecular complexity index is 359. The summed E-state index contributed by atoms with van der Waals surface area (Å²) in [6, 6.07) is 0. The summed E-state index contributed by atoms with van der Waals surface area (Å²) in [7, 11) is 0. The Balaban J connectivity index is 1.36. The molecule has 0 radical (unpaired) electrons. The van der Waals surface area contributed by atoms with Gasteiger partial charge in [-0.1, -0.05) is 13.3 Å². The summed E-state index contributed by atoms with van der Waals surface area (Å²) < 4.78 is 0. The molecule has 1 saturated carbocycles. The number of piperidine rings is 2. The number of rotatable bonds is 5. The monoisotopic (exact) mass is 293 g/mol. The lowest BCUT2D eigenvalue weighted by molar-refractivity contribution is -0.123. The van der Waals surface area contributed by atoms with Gasteiger partial charge >= 0.3 is 0 Å². The maximum Gasteiger partial charge on any atom is 0.223 e. The second kappa shape index (κ2) is 6.66. The van der Waals surface area contributed by atoms with E-state index in [0.29, 0.717) is 23.2 Å². The SMILES string of the molecule is CC(CNC(=O)C1CC12CCNCC2)CN1CCCCC1. The van der Waals surface area contributed by atoms with Crippen LogP contribution in [0.3, 0.4) is 0 Å². The highest BCUT2D eigenvalue weighted by atomic mass is 16.2. The van der Waals surface area contributed by atoms with Gasteiger partial charge in [0.25, 0.3) is 0 Å². The van der Waals surface area contributed by atoms with Crippen molar-refractivity contribution in [3.8, 4) is 0 Å². The first-order valence-corrected chi connectivity index (χ1v) is 8.90. The molecular formula is C17H31N3O. The van der Waals surface area contributed by atoms with Gasteiger partial charge in [-0.3, -0.25) is 4.79 Å².